The number of halogens is 1. The van der Waals surface area contributed by atoms with Crippen molar-refractivity contribution in [2.45, 2.75) is 12.3 Å². The summed E-state index contributed by atoms with van der Waals surface area (Å²) in [5.74, 6) is -0.426. The number of alkyl halides is 1. The fourth-order valence-electron chi connectivity index (χ4n) is 1.66. The molecule has 0 bridgehead atoms. The van der Waals surface area contributed by atoms with Crippen molar-refractivity contribution in [3.8, 4) is 0 Å². The van der Waals surface area contributed by atoms with Gasteiger partial charge in [0.1, 0.15) is 0 Å². The quantitative estimate of drug-likeness (QED) is 0.622. The van der Waals surface area contributed by atoms with Crippen LogP contribution in [-0.2, 0) is 16.6 Å². The molecular formula is C12H13ClN2O2. The second-order valence-electron chi connectivity index (χ2n) is 3.72. The Bertz CT molecular complexity index is 550. The Labute approximate surface area is 104 Å². The first-order valence-corrected chi connectivity index (χ1v) is 5.78. The summed E-state index contributed by atoms with van der Waals surface area (Å²) in [6, 6.07) is 5.52. The molecule has 2 aromatic rings. The molecule has 1 aromatic carbocycles. The summed E-state index contributed by atoms with van der Waals surface area (Å²) < 4.78 is 6.79. The molecule has 1 heterocycles. The third-order valence-corrected chi connectivity index (χ3v) is 2.97. The lowest BCUT2D eigenvalue weighted by atomic mass is 10.1. The fourth-order valence-corrected chi connectivity index (χ4v) is 1.86. The number of carbonyl (C=O) groups is 1. The van der Waals surface area contributed by atoms with Crippen LogP contribution < -0.4 is 0 Å². The van der Waals surface area contributed by atoms with Gasteiger partial charge in [-0.2, -0.15) is 0 Å². The van der Waals surface area contributed by atoms with E-state index in [1.807, 2.05) is 29.8 Å². The molecule has 0 amide bonds. The van der Waals surface area contributed by atoms with Crippen LogP contribution in [0.1, 0.15) is 17.9 Å². The smallest absolute Gasteiger partial charge is 0.328 e. The first-order valence-electron chi connectivity index (χ1n) is 5.35. The van der Waals surface area contributed by atoms with E-state index in [-0.39, 0.29) is 0 Å². The van der Waals surface area contributed by atoms with Gasteiger partial charge in [-0.15, -0.1) is 11.6 Å². The van der Waals surface area contributed by atoms with Gasteiger partial charge in [-0.3, -0.25) is 4.79 Å². The molecule has 0 saturated carbocycles. The van der Waals surface area contributed by atoms with E-state index in [1.54, 1.807) is 13.3 Å². The zero-order valence-corrected chi connectivity index (χ0v) is 10.4. The van der Waals surface area contributed by atoms with Gasteiger partial charge in [0.05, 0.1) is 24.0 Å². The van der Waals surface area contributed by atoms with E-state index >= 15 is 0 Å². The van der Waals surface area contributed by atoms with Gasteiger partial charge in [0.2, 0.25) is 0 Å². The summed E-state index contributed by atoms with van der Waals surface area (Å²) in [5.41, 5.74) is 2.53. The minimum Gasteiger partial charge on any atom is -0.465 e. The van der Waals surface area contributed by atoms with Gasteiger partial charge >= 0.3 is 5.97 Å². The third kappa shape index (κ3) is 2.26. The molecule has 0 radical (unpaired) electrons. The highest BCUT2D eigenvalue weighted by molar-refractivity contribution is 6.30. The maximum Gasteiger partial charge on any atom is 0.328 e. The van der Waals surface area contributed by atoms with Gasteiger partial charge in [0.25, 0.3) is 0 Å². The van der Waals surface area contributed by atoms with Crippen LogP contribution in [0.25, 0.3) is 11.0 Å². The zero-order chi connectivity index (χ0) is 12.4. The van der Waals surface area contributed by atoms with Crippen LogP contribution in [0, 0.1) is 0 Å². The van der Waals surface area contributed by atoms with E-state index in [4.69, 9.17) is 16.3 Å². The average molecular weight is 253 g/mol. The number of rotatable bonds is 3. The molecule has 0 fully saturated rings. The van der Waals surface area contributed by atoms with Gasteiger partial charge in [-0.05, 0) is 24.6 Å². The molecule has 2 rings (SSSR count). The number of aromatic nitrogens is 2. The van der Waals surface area contributed by atoms with Crippen LogP contribution in [0.4, 0.5) is 0 Å². The molecule has 5 heteroatoms. The monoisotopic (exact) mass is 252 g/mol. The van der Waals surface area contributed by atoms with Gasteiger partial charge in [-0.1, -0.05) is 6.07 Å². The lowest BCUT2D eigenvalue weighted by Gasteiger charge is -2.08. The Balaban J connectivity index is 2.33. The minimum atomic E-state index is -0.777. The molecule has 0 aliphatic carbocycles. The van der Waals surface area contributed by atoms with Crippen molar-refractivity contribution in [2.24, 2.45) is 7.05 Å². The lowest BCUT2D eigenvalue weighted by molar-refractivity contribution is -0.142. The SMILES string of the molecule is CCOC(=O)C(Cl)c1ccc2c(c1)ncn2C. The number of aryl methyl sites for hydroxylation is 1. The minimum absolute atomic E-state index is 0.327. The number of ether oxygens (including phenoxy) is 1. The molecule has 90 valence electrons. The normalized spacial score (nSPS) is 12.6. The van der Waals surface area contributed by atoms with E-state index in [2.05, 4.69) is 4.98 Å². The molecule has 0 aliphatic heterocycles. The summed E-state index contributed by atoms with van der Waals surface area (Å²) >= 11 is 6.03. The second kappa shape index (κ2) is 4.75. The first-order chi connectivity index (χ1) is 8.13. The molecule has 4 nitrogen and oxygen atoms in total. The van der Waals surface area contributed by atoms with E-state index in [0.29, 0.717) is 12.2 Å². The largest absolute Gasteiger partial charge is 0.465 e. The number of hydrogen-bond acceptors (Lipinski definition) is 3. The maximum atomic E-state index is 11.5. The summed E-state index contributed by atoms with van der Waals surface area (Å²) in [5, 5.41) is -0.777. The predicted octanol–water partition coefficient (Wildman–Crippen LogP) is 2.42. The number of imidazole rings is 1. The van der Waals surface area contributed by atoms with Gasteiger partial charge in [0, 0.05) is 7.05 Å². The number of esters is 1. The summed E-state index contributed by atoms with van der Waals surface area (Å²) in [7, 11) is 1.92. The van der Waals surface area contributed by atoms with Crippen LogP contribution in [0.5, 0.6) is 0 Å². The van der Waals surface area contributed by atoms with Gasteiger partial charge in [-0.25, -0.2) is 4.98 Å². The Morgan fingerprint density at radius 1 is 1.59 bits per heavy atom. The fraction of sp³-hybridized carbons (Fsp3) is 0.333. The number of hydrogen-bond donors (Lipinski definition) is 0. The molecule has 1 atom stereocenters. The molecule has 0 N–H and O–H groups in total. The van der Waals surface area contributed by atoms with Crippen molar-refractivity contribution < 1.29 is 9.53 Å². The van der Waals surface area contributed by atoms with Crippen molar-refractivity contribution in [1.82, 2.24) is 9.55 Å². The highest BCUT2D eigenvalue weighted by Gasteiger charge is 2.19. The summed E-state index contributed by atoms with van der Waals surface area (Å²) in [6.45, 7) is 2.08. The van der Waals surface area contributed by atoms with Crippen molar-refractivity contribution in [3.05, 3.63) is 30.1 Å². The summed E-state index contributed by atoms with van der Waals surface area (Å²) in [4.78, 5) is 15.7. The van der Waals surface area contributed by atoms with Crippen molar-refractivity contribution in [3.63, 3.8) is 0 Å². The molecule has 0 aliphatic rings. The third-order valence-electron chi connectivity index (χ3n) is 2.54. The van der Waals surface area contributed by atoms with Crippen LogP contribution in [-0.4, -0.2) is 22.1 Å². The topological polar surface area (TPSA) is 44.1 Å². The van der Waals surface area contributed by atoms with Crippen molar-refractivity contribution in [2.75, 3.05) is 6.61 Å². The van der Waals surface area contributed by atoms with Gasteiger partial charge in [0.15, 0.2) is 5.38 Å². The van der Waals surface area contributed by atoms with Crippen LogP contribution in [0.2, 0.25) is 0 Å². The first kappa shape index (κ1) is 11.9. The molecule has 0 spiro atoms. The molecule has 1 unspecified atom stereocenters. The number of fused-ring (bicyclic) bond motifs is 1. The maximum absolute atomic E-state index is 11.5. The Kier molecular flexibility index (Phi) is 3.33. The number of benzene rings is 1. The zero-order valence-electron chi connectivity index (χ0n) is 9.68. The van der Waals surface area contributed by atoms with Crippen LogP contribution in [0.15, 0.2) is 24.5 Å². The number of carbonyl (C=O) groups excluding carboxylic acids is 1. The van der Waals surface area contributed by atoms with E-state index in [0.717, 1.165) is 11.0 Å². The van der Waals surface area contributed by atoms with E-state index in [9.17, 15) is 4.79 Å². The molecule has 1 aromatic heterocycles. The van der Waals surface area contributed by atoms with Crippen molar-refractivity contribution >= 4 is 28.6 Å². The van der Waals surface area contributed by atoms with Crippen LogP contribution >= 0.6 is 11.6 Å². The molecular weight excluding hydrogens is 240 g/mol. The predicted molar refractivity (Wildman–Crippen MR) is 65.9 cm³/mol. The van der Waals surface area contributed by atoms with Crippen molar-refractivity contribution in [1.29, 1.82) is 0 Å². The van der Waals surface area contributed by atoms with E-state index in [1.165, 1.54) is 0 Å². The Hall–Kier alpha value is -1.55. The Morgan fingerprint density at radius 3 is 3.06 bits per heavy atom. The summed E-state index contributed by atoms with van der Waals surface area (Å²) in [6.07, 6.45) is 1.72. The second-order valence-corrected chi connectivity index (χ2v) is 4.15. The van der Waals surface area contributed by atoms with E-state index < -0.39 is 11.3 Å². The average Bonchev–Trinajstić information content (AvgIpc) is 2.70. The van der Waals surface area contributed by atoms with Gasteiger partial charge < -0.3 is 9.30 Å². The highest BCUT2D eigenvalue weighted by atomic mass is 35.5. The molecule has 17 heavy (non-hydrogen) atoms. The number of nitrogens with zero attached hydrogens (tertiary/aromatic N) is 2. The molecule has 0 saturated heterocycles. The Morgan fingerprint density at radius 2 is 2.35 bits per heavy atom. The highest BCUT2D eigenvalue weighted by Crippen LogP contribution is 2.25. The van der Waals surface area contributed by atoms with Crippen LogP contribution in [0.3, 0.4) is 0 Å². The lowest BCUT2D eigenvalue weighted by Crippen LogP contribution is -2.11. The standard InChI is InChI=1S/C12H13ClN2O2/c1-3-17-12(16)11(13)8-4-5-10-9(6-8)14-7-15(10)2/h4-7,11H,3H2,1-2H3.